The molecule has 1 saturated carbocycles. The quantitative estimate of drug-likeness (QED) is 0.643. The minimum atomic E-state index is -0.676. The molecule has 4 rings (SSSR count). The maximum absolute atomic E-state index is 11.8. The van der Waals surface area contributed by atoms with Crippen LogP contribution in [0.2, 0.25) is 0 Å². The Bertz CT molecular complexity index is 970. The van der Waals surface area contributed by atoms with Gasteiger partial charge in [-0.15, -0.1) is 0 Å². The van der Waals surface area contributed by atoms with E-state index < -0.39 is 11.8 Å². The normalized spacial score (nSPS) is 13.6. The number of benzene rings is 2. The van der Waals surface area contributed by atoms with Crippen LogP contribution < -0.4 is 10.6 Å². The van der Waals surface area contributed by atoms with Crippen molar-refractivity contribution >= 4 is 28.4 Å². The molecule has 0 bridgehead atoms. The predicted molar refractivity (Wildman–Crippen MR) is 98.4 cm³/mol. The minimum absolute atomic E-state index is 0.601. The zero-order chi connectivity index (χ0) is 17.4. The van der Waals surface area contributed by atoms with Crippen LogP contribution in [0.1, 0.15) is 24.3 Å². The molecule has 3 N–H and O–H groups in total. The Morgan fingerprint density at radius 3 is 2.60 bits per heavy atom. The molecule has 0 spiro atoms. The van der Waals surface area contributed by atoms with Gasteiger partial charge in [-0.1, -0.05) is 30.3 Å². The lowest BCUT2D eigenvalue weighted by atomic mass is 10.00. The largest absolute Gasteiger partial charge is 0.359 e. The highest BCUT2D eigenvalue weighted by Crippen LogP contribution is 2.41. The van der Waals surface area contributed by atoms with Crippen LogP contribution in [0.25, 0.3) is 22.0 Å². The van der Waals surface area contributed by atoms with E-state index in [0.29, 0.717) is 11.6 Å². The minimum Gasteiger partial charge on any atom is -0.359 e. The lowest BCUT2D eigenvalue weighted by Gasteiger charge is -2.07. The number of hydrogen-bond acceptors (Lipinski definition) is 2. The number of H-pyrrole nitrogens is 1. The van der Waals surface area contributed by atoms with Crippen molar-refractivity contribution in [2.24, 2.45) is 0 Å². The zero-order valence-corrected chi connectivity index (χ0v) is 13.9. The molecular weight excluding hydrogens is 314 g/mol. The van der Waals surface area contributed by atoms with Crippen molar-refractivity contribution in [3.8, 4) is 11.1 Å². The van der Waals surface area contributed by atoms with Crippen LogP contribution in [0.3, 0.4) is 0 Å². The molecule has 0 aliphatic heterocycles. The van der Waals surface area contributed by atoms with Crippen molar-refractivity contribution in [3.63, 3.8) is 0 Å². The molecule has 1 fully saturated rings. The van der Waals surface area contributed by atoms with E-state index >= 15 is 0 Å². The summed E-state index contributed by atoms with van der Waals surface area (Å²) in [5.74, 6) is -0.634. The lowest BCUT2D eigenvalue weighted by molar-refractivity contribution is -0.135. The first kappa shape index (κ1) is 15.4. The summed E-state index contributed by atoms with van der Waals surface area (Å²) in [6, 6.07) is 14.7. The summed E-state index contributed by atoms with van der Waals surface area (Å²) in [6.07, 6.45) is 4.25. The van der Waals surface area contributed by atoms with Crippen LogP contribution in [-0.4, -0.2) is 23.8 Å². The third-order valence-corrected chi connectivity index (χ3v) is 4.63. The first-order valence-electron chi connectivity index (χ1n) is 8.40. The Hall–Kier alpha value is -3.08. The van der Waals surface area contributed by atoms with Crippen LogP contribution in [0, 0.1) is 0 Å². The van der Waals surface area contributed by atoms with Crippen LogP contribution >= 0.6 is 0 Å². The van der Waals surface area contributed by atoms with E-state index in [0.717, 1.165) is 22.0 Å². The van der Waals surface area contributed by atoms with Crippen molar-refractivity contribution in [1.82, 2.24) is 10.3 Å². The van der Waals surface area contributed by atoms with E-state index in [1.807, 2.05) is 12.1 Å². The fraction of sp³-hybridized carbons (Fsp3) is 0.200. The maximum Gasteiger partial charge on any atom is 0.313 e. The van der Waals surface area contributed by atoms with Crippen molar-refractivity contribution in [1.29, 1.82) is 0 Å². The smallest absolute Gasteiger partial charge is 0.313 e. The summed E-state index contributed by atoms with van der Waals surface area (Å²) >= 11 is 0. The number of fused-ring (bicyclic) bond motifs is 1. The molecule has 2 amide bonds. The topological polar surface area (TPSA) is 74.0 Å². The van der Waals surface area contributed by atoms with Gasteiger partial charge in [0.2, 0.25) is 0 Å². The standard InChI is InChI=1S/C20H19N3O2/c1-21-19(24)20(25)23-18-11-22-17-8-7-15(10-16(17)18)14-4-2-3-13(9-14)12-5-6-12/h2-4,7-12,22H,5-6H2,1H3,(H,21,24)(H,23,25). The number of likely N-dealkylation sites (N-methyl/N-ethyl adjacent to an activating group) is 1. The number of amides is 2. The summed E-state index contributed by atoms with van der Waals surface area (Å²) in [5, 5.41) is 5.86. The van der Waals surface area contributed by atoms with Crippen LogP contribution in [0.4, 0.5) is 5.69 Å². The average molecular weight is 333 g/mol. The van der Waals surface area contributed by atoms with Gasteiger partial charge in [-0.2, -0.15) is 0 Å². The SMILES string of the molecule is CNC(=O)C(=O)Nc1c[nH]c2ccc(-c3cccc(C4CC4)c3)cc12. The number of rotatable bonds is 3. The number of hydrogen-bond donors (Lipinski definition) is 3. The molecule has 25 heavy (non-hydrogen) atoms. The molecule has 1 aliphatic carbocycles. The van der Waals surface area contributed by atoms with Gasteiger partial charge in [-0.05, 0) is 47.6 Å². The highest BCUT2D eigenvalue weighted by Gasteiger charge is 2.23. The number of carbonyl (C=O) groups excluding carboxylic acids is 2. The van der Waals surface area contributed by atoms with Gasteiger partial charge in [0.1, 0.15) is 0 Å². The van der Waals surface area contributed by atoms with Gasteiger partial charge in [0.15, 0.2) is 0 Å². The Balaban J connectivity index is 1.69. The van der Waals surface area contributed by atoms with Crippen molar-refractivity contribution in [3.05, 3.63) is 54.2 Å². The van der Waals surface area contributed by atoms with E-state index in [1.165, 1.54) is 25.5 Å². The first-order chi connectivity index (χ1) is 12.2. The molecule has 0 saturated heterocycles. The second-order valence-corrected chi connectivity index (χ2v) is 6.40. The van der Waals surface area contributed by atoms with Crippen molar-refractivity contribution in [2.75, 3.05) is 12.4 Å². The Kier molecular flexibility index (Phi) is 3.76. The maximum atomic E-state index is 11.8. The molecule has 2 aromatic carbocycles. The Morgan fingerprint density at radius 1 is 1.04 bits per heavy atom. The summed E-state index contributed by atoms with van der Waals surface area (Å²) in [6.45, 7) is 0. The Labute approximate surface area is 145 Å². The summed E-state index contributed by atoms with van der Waals surface area (Å²) in [7, 11) is 1.43. The fourth-order valence-electron chi connectivity index (χ4n) is 3.09. The van der Waals surface area contributed by atoms with E-state index in [2.05, 4.69) is 45.9 Å². The summed E-state index contributed by atoms with van der Waals surface area (Å²) in [5.41, 5.74) is 5.15. The van der Waals surface area contributed by atoms with Crippen LogP contribution in [0.5, 0.6) is 0 Å². The number of aromatic amines is 1. The molecule has 0 atom stereocenters. The molecule has 0 unspecified atom stereocenters. The van der Waals surface area contributed by atoms with E-state index in [-0.39, 0.29) is 0 Å². The van der Waals surface area contributed by atoms with Crippen LogP contribution in [-0.2, 0) is 9.59 Å². The van der Waals surface area contributed by atoms with Crippen molar-refractivity contribution in [2.45, 2.75) is 18.8 Å². The second-order valence-electron chi connectivity index (χ2n) is 6.40. The zero-order valence-electron chi connectivity index (χ0n) is 13.9. The molecule has 0 radical (unpaired) electrons. The number of aromatic nitrogens is 1. The van der Waals surface area contributed by atoms with Gasteiger partial charge in [-0.25, -0.2) is 0 Å². The molecule has 5 nitrogen and oxygen atoms in total. The third kappa shape index (κ3) is 3.01. The van der Waals surface area contributed by atoms with Gasteiger partial charge >= 0.3 is 11.8 Å². The molecule has 1 heterocycles. The molecular formula is C20H19N3O2. The summed E-state index contributed by atoms with van der Waals surface area (Å²) < 4.78 is 0. The number of carbonyl (C=O) groups is 2. The van der Waals surface area contributed by atoms with E-state index in [9.17, 15) is 9.59 Å². The van der Waals surface area contributed by atoms with Gasteiger partial charge in [0.05, 0.1) is 5.69 Å². The fourth-order valence-corrected chi connectivity index (χ4v) is 3.09. The highest BCUT2D eigenvalue weighted by molar-refractivity contribution is 6.40. The van der Waals surface area contributed by atoms with E-state index in [1.54, 1.807) is 6.20 Å². The molecule has 3 aromatic rings. The molecule has 1 aliphatic rings. The average Bonchev–Trinajstić information content (AvgIpc) is 3.43. The molecule has 1 aromatic heterocycles. The Morgan fingerprint density at radius 2 is 1.84 bits per heavy atom. The monoisotopic (exact) mass is 333 g/mol. The van der Waals surface area contributed by atoms with E-state index in [4.69, 9.17) is 0 Å². The number of anilines is 1. The predicted octanol–water partition coefficient (Wildman–Crippen LogP) is 3.40. The first-order valence-corrected chi connectivity index (χ1v) is 8.40. The number of nitrogens with one attached hydrogen (secondary N) is 3. The molecule has 5 heteroatoms. The van der Waals surface area contributed by atoms with Gasteiger partial charge < -0.3 is 15.6 Å². The van der Waals surface area contributed by atoms with Crippen molar-refractivity contribution < 1.29 is 9.59 Å². The van der Waals surface area contributed by atoms with Gasteiger partial charge in [-0.3, -0.25) is 9.59 Å². The third-order valence-electron chi connectivity index (χ3n) is 4.63. The molecule has 126 valence electrons. The highest BCUT2D eigenvalue weighted by atomic mass is 16.2. The lowest BCUT2D eigenvalue weighted by Crippen LogP contribution is -2.32. The second kappa shape index (κ2) is 6.09. The van der Waals surface area contributed by atoms with Gasteiger partial charge in [0, 0.05) is 24.1 Å². The summed E-state index contributed by atoms with van der Waals surface area (Å²) in [4.78, 5) is 26.4. The van der Waals surface area contributed by atoms with Gasteiger partial charge in [0.25, 0.3) is 0 Å². The van der Waals surface area contributed by atoms with Crippen LogP contribution in [0.15, 0.2) is 48.7 Å².